The zero-order valence-corrected chi connectivity index (χ0v) is 16.8. The van der Waals surface area contributed by atoms with Crippen LogP contribution in [0, 0.1) is 5.92 Å². The summed E-state index contributed by atoms with van der Waals surface area (Å²) in [5.41, 5.74) is 0. The molecule has 0 aromatic rings. The maximum Gasteiger partial charge on any atom is 0.191 e. The number of guanidine groups is 1. The van der Waals surface area contributed by atoms with Gasteiger partial charge in [-0.1, -0.05) is 0 Å². The molecule has 2 aliphatic rings. The van der Waals surface area contributed by atoms with E-state index in [2.05, 4.69) is 29.4 Å². The zero-order chi connectivity index (χ0) is 18.6. The van der Waals surface area contributed by atoms with Gasteiger partial charge in [-0.05, 0) is 52.1 Å². The maximum absolute atomic E-state index is 5.90. The quantitative estimate of drug-likeness (QED) is 0.443. The Morgan fingerprint density at radius 1 is 1.31 bits per heavy atom. The molecule has 2 saturated heterocycles. The number of piperidine rings is 1. The minimum Gasteiger partial charge on any atom is -0.383 e. The SMILES string of the molecule is CCNC(=NCC1CCN(CCOC)CC1)NC(C)COC1CCOC1. The lowest BCUT2D eigenvalue weighted by Gasteiger charge is -2.31. The molecule has 0 amide bonds. The van der Waals surface area contributed by atoms with E-state index < -0.39 is 0 Å². The summed E-state index contributed by atoms with van der Waals surface area (Å²) in [6.45, 7) is 12.4. The highest BCUT2D eigenvalue weighted by Gasteiger charge is 2.19. The van der Waals surface area contributed by atoms with Gasteiger partial charge in [0.1, 0.15) is 0 Å². The summed E-state index contributed by atoms with van der Waals surface area (Å²) in [7, 11) is 1.77. The number of hydrogen-bond donors (Lipinski definition) is 2. The molecule has 0 saturated carbocycles. The third-order valence-corrected chi connectivity index (χ3v) is 5.02. The zero-order valence-electron chi connectivity index (χ0n) is 16.8. The van der Waals surface area contributed by atoms with Crippen LogP contribution < -0.4 is 10.6 Å². The van der Waals surface area contributed by atoms with Crippen LogP contribution in [0.5, 0.6) is 0 Å². The van der Waals surface area contributed by atoms with Gasteiger partial charge in [-0.2, -0.15) is 0 Å². The molecular weight excluding hydrogens is 332 g/mol. The van der Waals surface area contributed by atoms with Crippen LogP contribution in [0.25, 0.3) is 0 Å². The van der Waals surface area contributed by atoms with Crippen molar-refractivity contribution in [2.45, 2.75) is 45.3 Å². The second-order valence-corrected chi connectivity index (χ2v) is 7.36. The predicted molar refractivity (Wildman–Crippen MR) is 105 cm³/mol. The standard InChI is InChI=1S/C19H38N4O3/c1-4-20-19(22-16(2)14-26-18-7-11-25-15-18)21-13-17-5-8-23(9-6-17)10-12-24-3/h16-18H,4-15H2,1-3H3,(H2,20,21,22). The summed E-state index contributed by atoms with van der Waals surface area (Å²) < 4.78 is 16.4. The lowest BCUT2D eigenvalue weighted by atomic mass is 9.97. The molecule has 0 bridgehead atoms. The number of hydrogen-bond acceptors (Lipinski definition) is 5. The topological polar surface area (TPSA) is 67.4 Å². The molecule has 0 aromatic carbocycles. The number of methoxy groups -OCH3 is 1. The number of ether oxygens (including phenoxy) is 3. The highest BCUT2D eigenvalue weighted by molar-refractivity contribution is 5.80. The van der Waals surface area contributed by atoms with Crippen LogP contribution in [0.15, 0.2) is 4.99 Å². The smallest absolute Gasteiger partial charge is 0.191 e. The summed E-state index contributed by atoms with van der Waals surface area (Å²) in [5, 5.41) is 6.81. The third-order valence-electron chi connectivity index (χ3n) is 5.02. The number of rotatable bonds is 10. The average Bonchev–Trinajstić information content (AvgIpc) is 3.17. The monoisotopic (exact) mass is 370 g/mol. The van der Waals surface area contributed by atoms with E-state index in [0.717, 1.165) is 64.9 Å². The Hall–Kier alpha value is -0.890. The molecule has 0 aromatic heterocycles. The van der Waals surface area contributed by atoms with E-state index >= 15 is 0 Å². The van der Waals surface area contributed by atoms with Gasteiger partial charge < -0.3 is 29.7 Å². The highest BCUT2D eigenvalue weighted by Crippen LogP contribution is 2.17. The average molecular weight is 371 g/mol. The fourth-order valence-corrected chi connectivity index (χ4v) is 3.35. The summed E-state index contributed by atoms with van der Waals surface area (Å²) in [5.74, 6) is 1.57. The molecule has 2 rings (SSSR count). The fourth-order valence-electron chi connectivity index (χ4n) is 3.35. The van der Waals surface area contributed by atoms with Crippen LogP contribution in [-0.2, 0) is 14.2 Å². The van der Waals surface area contributed by atoms with Gasteiger partial charge >= 0.3 is 0 Å². The van der Waals surface area contributed by atoms with Gasteiger partial charge in [-0.3, -0.25) is 4.99 Å². The lowest BCUT2D eigenvalue weighted by molar-refractivity contribution is 0.0347. The minimum atomic E-state index is 0.226. The van der Waals surface area contributed by atoms with Gasteiger partial charge in [0.25, 0.3) is 0 Å². The van der Waals surface area contributed by atoms with E-state index in [4.69, 9.17) is 19.2 Å². The van der Waals surface area contributed by atoms with Gasteiger partial charge in [-0.25, -0.2) is 0 Å². The number of nitrogens with one attached hydrogen (secondary N) is 2. The van der Waals surface area contributed by atoms with Crippen LogP contribution in [0.4, 0.5) is 0 Å². The van der Waals surface area contributed by atoms with Crippen molar-refractivity contribution in [3.8, 4) is 0 Å². The van der Waals surface area contributed by atoms with E-state index in [1.165, 1.54) is 12.8 Å². The van der Waals surface area contributed by atoms with Crippen molar-refractivity contribution in [2.24, 2.45) is 10.9 Å². The first-order valence-corrected chi connectivity index (χ1v) is 10.2. The first kappa shape index (κ1) is 21.4. The molecule has 152 valence electrons. The summed E-state index contributed by atoms with van der Waals surface area (Å²) in [6, 6.07) is 0.226. The summed E-state index contributed by atoms with van der Waals surface area (Å²) in [6.07, 6.45) is 3.69. The van der Waals surface area contributed by atoms with Crippen LogP contribution in [-0.4, -0.2) is 89.3 Å². The van der Waals surface area contributed by atoms with Crippen LogP contribution in [0.2, 0.25) is 0 Å². The molecule has 2 fully saturated rings. The largest absolute Gasteiger partial charge is 0.383 e. The summed E-state index contributed by atoms with van der Waals surface area (Å²) >= 11 is 0. The third kappa shape index (κ3) is 8.20. The second-order valence-electron chi connectivity index (χ2n) is 7.36. The van der Waals surface area contributed by atoms with Crippen molar-refractivity contribution < 1.29 is 14.2 Å². The number of nitrogens with zero attached hydrogens (tertiary/aromatic N) is 2. The fraction of sp³-hybridized carbons (Fsp3) is 0.947. The Balaban J connectivity index is 1.68. The minimum absolute atomic E-state index is 0.226. The molecule has 0 aliphatic carbocycles. The van der Waals surface area contributed by atoms with Crippen molar-refractivity contribution in [3.63, 3.8) is 0 Å². The van der Waals surface area contributed by atoms with Crippen molar-refractivity contribution in [2.75, 3.05) is 66.3 Å². The maximum atomic E-state index is 5.90. The Morgan fingerprint density at radius 2 is 2.12 bits per heavy atom. The van der Waals surface area contributed by atoms with E-state index in [1.54, 1.807) is 7.11 Å². The van der Waals surface area contributed by atoms with Crippen molar-refractivity contribution in [1.82, 2.24) is 15.5 Å². The first-order chi connectivity index (χ1) is 12.7. The van der Waals surface area contributed by atoms with Crippen LogP contribution in [0.1, 0.15) is 33.1 Å². The Bertz CT molecular complexity index is 394. The van der Waals surface area contributed by atoms with Crippen molar-refractivity contribution in [1.29, 1.82) is 0 Å². The van der Waals surface area contributed by atoms with Crippen molar-refractivity contribution >= 4 is 5.96 Å². The van der Waals surface area contributed by atoms with E-state index in [-0.39, 0.29) is 12.1 Å². The second kappa shape index (κ2) is 12.5. The Morgan fingerprint density at radius 3 is 2.77 bits per heavy atom. The molecule has 7 nitrogen and oxygen atoms in total. The molecule has 26 heavy (non-hydrogen) atoms. The van der Waals surface area contributed by atoms with E-state index in [0.29, 0.717) is 12.5 Å². The summed E-state index contributed by atoms with van der Waals surface area (Å²) in [4.78, 5) is 7.30. The molecule has 0 radical (unpaired) electrons. The molecular formula is C19H38N4O3. The van der Waals surface area contributed by atoms with Crippen LogP contribution in [0.3, 0.4) is 0 Å². The highest BCUT2D eigenvalue weighted by atomic mass is 16.5. The Labute approximate surface area is 158 Å². The predicted octanol–water partition coefficient (Wildman–Crippen LogP) is 1.09. The van der Waals surface area contributed by atoms with Gasteiger partial charge in [0.15, 0.2) is 5.96 Å². The molecule has 2 N–H and O–H groups in total. The Kier molecular flexibility index (Phi) is 10.3. The molecule has 7 heteroatoms. The lowest BCUT2D eigenvalue weighted by Crippen LogP contribution is -2.45. The van der Waals surface area contributed by atoms with E-state index in [9.17, 15) is 0 Å². The van der Waals surface area contributed by atoms with Gasteiger partial charge in [-0.15, -0.1) is 0 Å². The molecule has 2 heterocycles. The van der Waals surface area contributed by atoms with Crippen molar-refractivity contribution in [3.05, 3.63) is 0 Å². The van der Waals surface area contributed by atoms with Gasteiger partial charge in [0.2, 0.25) is 0 Å². The molecule has 2 aliphatic heterocycles. The van der Waals surface area contributed by atoms with E-state index in [1.807, 2.05) is 0 Å². The first-order valence-electron chi connectivity index (χ1n) is 10.2. The van der Waals surface area contributed by atoms with Gasteiger partial charge in [0.05, 0.1) is 25.9 Å². The number of likely N-dealkylation sites (tertiary alicyclic amines) is 1. The molecule has 0 spiro atoms. The molecule has 2 unspecified atom stereocenters. The normalized spacial score (nSPS) is 24.0. The number of aliphatic imine (C=N–C) groups is 1. The van der Waals surface area contributed by atoms with Crippen LogP contribution >= 0.6 is 0 Å². The molecule has 2 atom stereocenters. The van der Waals surface area contributed by atoms with Gasteiger partial charge in [0, 0.05) is 39.4 Å².